The summed E-state index contributed by atoms with van der Waals surface area (Å²) in [6.07, 6.45) is 1.76. The predicted molar refractivity (Wildman–Crippen MR) is 80.9 cm³/mol. The molecule has 116 valence electrons. The van der Waals surface area contributed by atoms with E-state index in [1.165, 1.54) is 6.07 Å². The van der Waals surface area contributed by atoms with Gasteiger partial charge in [0.25, 0.3) is 0 Å². The molecule has 1 aromatic carbocycles. The Hall–Kier alpha value is -1.82. The Morgan fingerprint density at radius 2 is 2.10 bits per heavy atom. The molecule has 1 N–H and O–H groups in total. The molecule has 0 amide bonds. The molecule has 0 spiro atoms. The molecule has 21 heavy (non-hydrogen) atoms. The van der Waals surface area contributed by atoms with Crippen molar-refractivity contribution in [1.82, 2.24) is 0 Å². The van der Waals surface area contributed by atoms with Gasteiger partial charge in [0.1, 0.15) is 0 Å². The largest absolute Gasteiger partial charge is 0.484 e. The van der Waals surface area contributed by atoms with Crippen molar-refractivity contribution in [1.29, 1.82) is 0 Å². The summed E-state index contributed by atoms with van der Waals surface area (Å²) in [7, 11) is 0. The van der Waals surface area contributed by atoms with Crippen LogP contribution in [0.4, 0.5) is 11.4 Å². The van der Waals surface area contributed by atoms with Crippen LogP contribution in [-0.2, 0) is 0 Å². The van der Waals surface area contributed by atoms with E-state index in [9.17, 15) is 15.2 Å². The molecule has 1 fully saturated rings. The van der Waals surface area contributed by atoms with E-state index in [4.69, 9.17) is 4.74 Å². The Morgan fingerprint density at radius 3 is 2.62 bits per heavy atom. The highest BCUT2D eigenvalue weighted by Gasteiger charge is 2.22. The first-order valence-electron chi connectivity index (χ1n) is 7.32. The van der Waals surface area contributed by atoms with Gasteiger partial charge in [-0.25, -0.2) is 0 Å². The standard InChI is InChI=1S/C15H22N2O4/c1-11(2)21-15-9-13(3-4-14(15)17(19)20)16-7-5-12(10-18)6-8-16/h3-4,9,11-12,18H,5-8,10H2,1-2H3. The van der Waals surface area contributed by atoms with Crippen LogP contribution in [0.2, 0.25) is 0 Å². The Labute approximate surface area is 124 Å². The molecular formula is C15H22N2O4. The van der Waals surface area contributed by atoms with Gasteiger partial charge in [-0.2, -0.15) is 0 Å². The lowest BCUT2D eigenvalue weighted by atomic mass is 9.97. The number of hydrogen-bond acceptors (Lipinski definition) is 5. The zero-order valence-electron chi connectivity index (χ0n) is 12.5. The highest BCUT2D eigenvalue weighted by molar-refractivity contribution is 5.59. The molecule has 1 aromatic rings. The van der Waals surface area contributed by atoms with Gasteiger partial charge in [0.15, 0.2) is 5.75 Å². The minimum absolute atomic E-state index is 0.00214. The Balaban J connectivity index is 2.19. The van der Waals surface area contributed by atoms with E-state index >= 15 is 0 Å². The van der Waals surface area contributed by atoms with Crippen LogP contribution in [0.5, 0.6) is 5.75 Å². The number of nitro groups is 1. The lowest BCUT2D eigenvalue weighted by molar-refractivity contribution is -0.386. The first-order valence-corrected chi connectivity index (χ1v) is 7.32. The summed E-state index contributed by atoms with van der Waals surface area (Å²) in [5, 5.41) is 20.2. The number of aliphatic hydroxyl groups excluding tert-OH is 1. The van der Waals surface area contributed by atoms with Crippen molar-refractivity contribution in [3.63, 3.8) is 0 Å². The summed E-state index contributed by atoms with van der Waals surface area (Å²) in [5.41, 5.74) is 0.935. The fourth-order valence-corrected chi connectivity index (χ4v) is 2.57. The van der Waals surface area contributed by atoms with Gasteiger partial charge >= 0.3 is 5.69 Å². The Kier molecular flexibility index (Phi) is 5.01. The van der Waals surface area contributed by atoms with Crippen molar-refractivity contribution in [3.8, 4) is 5.75 Å². The van der Waals surface area contributed by atoms with Crippen molar-refractivity contribution in [2.45, 2.75) is 32.8 Å². The summed E-state index contributed by atoms with van der Waals surface area (Å²) in [5.74, 6) is 0.683. The molecule has 6 heteroatoms. The van der Waals surface area contributed by atoms with Gasteiger partial charge < -0.3 is 14.7 Å². The number of piperidine rings is 1. The van der Waals surface area contributed by atoms with Crippen LogP contribution in [0.3, 0.4) is 0 Å². The lowest BCUT2D eigenvalue weighted by Crippen LogP contribution is -2.34. The van der Waals surface area contributed by atoms with Crippen LogP contribution in [0.15, 0.2) is 18.2 Å². The molecule has 0 atom stereocenters. The number of ether oxygens (including phenoxy) is 1. The van der Waals surface area contributed by atoms with Crippen LogP contribution in [-0.4, -0.2) is 35.8 Å². The van der Waals surface area contributed by atoms with Crippen molar-refractivity contribution in [3.05, 3.63) is 28.3 Å². The summed E-state index contributed by atoms with van der Waals surface area (Å²) in [4.78, 5) is 12.8. The Morgan fingerprint density at radius 1 is 1.43 bits per heavy atom. The second-order valence-corrected chi connectivity index (χ2v) is 5.69. The van der Waals surface area contributed by atoms with Gasteiger partial charge in [-0.3, -0.25) is 10.1 Å². The maximum Gasteiger partial charge on any atom is 0.311 e. The third kappa shape index (κ3) is 3.85. The second-order valence-electron chi connectivity index (χ2n) is 5.69. The van der Waals surface area contributed by atoms with Gasteiger partial charge in [0.05, 0.1) is 11.0 Å². The normalized spacial score (nSPS) is 16.3. The smallest absolute Gasteiger partial charge is 0.311 e. The molecule has 0 saturated carbocycles. The highest BCUT2D eigenvalue weighted by Crippen LogP contribution is 2.33. The number of nitrogens with zero attached hydrogens (tertiary/aromatic N) is 2. The SMILES string of the molecule is CC(C)Oc1cc(N2CCC(CO)CC2)ccc1[N+](=O)[O-]. The lowest BCUT2D eigenvalue weighted by Gasteiger charge is -2.33. The number of benzene rings is 1. The maximum absolute atomic E-state index is 11.1. The topological polar surface area (TPSA) is 75.8 Å². The van der Waals surface area contributed by atoms with Crippen molar-refractivity contribution < 1.29 is 14.8 Å². The minimum Gasteiger partial charge on any atom is -0.484 e. The van der Waals surface area contributed by atoms with Gasteiger partial charge in [0, 0.05) is 37.5 Å². The molecule has 1 aliphatic rings. The maximum atomic E-state index is 11.1. The fraction of sp³-hybridized carbons (Fsp3) is 0.600. The molecule has 1 heterocycles. The molecule has 0 aromatic heterocycles. The van der Waals surface area contributed by atoms with Crippen LogP contribution in [0.1, 0.15) is 26.7 Å². The molecule has 1 saturated heterocycles. The van der Waals surface area contributed by atoms with Crippen LogP contribution in [0, 0.1) is 16.0 Å². The number of aliphatic hydroxyl groups is 1. The molecule has 2 rings (SSSR count). The molecule has 0 radical (unpaired) electrons. The van der Waals surface area contributed by atoms with E-state index in [1.807, 2.05) is 13.8 Å². The van der Waals surface area contributed by atoms with E-state index < -0.39 is 4.92 Å². The monoisotopic (exact) mass is 294 g/mol. The molecular weight excluding hydrogens is 272 g/mol. The summed E-state index contributed by atoms with van der Waals surface area (Å²) in [6, 6.07) is 5.02. The average molecular weight is 294 g/mol. The second kappa shape index (κ2) is 6.76. The fourth-order valence-electron chi connectivity index (χ4n) is 2.57. The molecule has 0 bridgehead atoms. The first-order chi connectivity index (χ1) is 10.0. The number of rotatable bonds is 5. The van der Waals surface area contributed by atoms with E-state index in [2.05, 4.69) is 4.90 Å². The van der Waals surface area contributed by atoms with Gasteiger partial charge in [-0.1, -0.05) is 0 Å². The van der Waals surface area contributed by atoms with Gasteiger partial charge in [-0.05, 0) is 38.7 Å². The molecule has 6 nitrogen and oxygen atoms in total. The van der Waals surface area contributed by atoms with E-state index in [-0.39, 0.29) is 18.4 Å². The molecule has 0 unspecified atom stereocenters. The van der Waals surface area contributed by atoms with Crippen LogP contribution >= 0.6 is 0 Å². The number of anilines is 1. The third-order valence-electron chi connectivity index (χ3n) is 3.74. The number of hydrogen-bond donors (Lipinski definition) is 1. The van der Waals surface area contributed by atoms with Gasteiger partial charge in [0.2, 0.25) is 0 Å². The van der Waals surface area contributed by atoms with E-state index in [1.54, 1.807) is 12.1 Å². The zero-order chi connectivity index (χ0) is 15.4. The van der Waals surface area contributed by atoms with Crippen molar-refractivity contribution >= 4 is 11.4 Å². The molecule has 0 aliphatic carbocycles. The van der Waals surface area contributed by atoms with E-state index in [0.717, 1.165) is 31.6 Å². The summed E-state index contributed by atoms with van der Waals surface area (Å²) >= 11 is 0. The van der Waals surface area contributed by atoms with Crippen molar-refractivity contribution in [2.75, 3.05) is 24.6 Å². The third-order valence-corrected chi connectivity index (χ3v) is 3.74. The number of nitro benzene ring substituents is 1. The Bertz CT molecular complexity index is 496. The summed E-state index contributed by atoms with van der Waals surface area (Å²) < 4.78 is 5.57. The van der Waals surface area contributed by atoms with Crippen LogP contribution < -0.4 is 9.64 Å². The minimum atomic E-state index is -0.417. The van der Waals surface area contributed by atoms with Gasteiger partial charge in [-0.15, -0.1) is 0 Å². The van der Waals surface area contributed by atoms with E-state index in [0.29, 0.717) is 11.7 Å². The quantitative estimate of drug-likeness (QED) is 0.667. The van der Waals surface area contributed by atoms with Crippen molar-refractivity contribution in [2.24, 2.45) is 5.92 Å². The molecule has 1 aliphatic heterocycles. The van der Waals surface area contributed by atoms with Crippen LogP contribution in [0.25, 0.3) is 0 Å². The average Bonchev–Trinajstić information content (AvgIpc) is 2.46. The first kappa shape index (κ1) is 15.6. The predicted octanol–water partition coefficient (Wildman–Crippen LogP) is 2.59. The highest BCUT2D eigenvalue weighted by atomic mass is 16.6. The summed E-state index contributed by atoms with van der Waals surface area (Å²) in [6.45, 7) is 5.64. The zero-order valence-corrected chi connectivity index (χ0v) is 12.5.